The van der Waals surface area contributed by atoms with Crippen LogP contribution in [0.2, 0.25) is 0 Å². The third kappa shape index (κ3) is 2.16. The lowest BCUT2D eigenvalue weighted by molar-refractivity contribution is 0.102. The predicted molar refractivity (Wildman–Crippen MR) is 72.1 cm³/mol. The van der Waals surface area contributed by atoms with E-state index in [2.05, 4.69) is 11.8 Å². The van der Waals surface area contributed by atoms with Crippen LogP contribution in [0.1, 0.15) is 57.8 Å². The molecular formula is C15H25N2. The van der Waals surface area contributed by atoms with Gasteiger partial charge in [-0.15, -0.1) is 0 Å². The minimum Gasteiger partial charge on any atom is -0.278 e. The molecule has 17 heavy (non-hydrogen) atoms. The maximum Gasteiger partial charge on any atom is 0.102 e. The Kier molecular flexibility index (Phi) is 3.51. The molecule has 0 aromatic carbocycles. The van der Waals surface area contributed by atoms with E-state index in [0.29, 0.717) is 6.17 Å². The summed E-state index contributed by atoms with van der Waals surface area (Å²) in [5.74, 6) is 0.814. The Hall–Kier alpha value is -0.370. The lowest BCUT2D eigenvalue weighted by Gasteiger charge is -2.42. The Bertz CT molecular complexity index is 297. The molecule has 3 aliphatic rings. The summed E-state index contributed by atoms with van der Waals surface area (Å²) in [4.78, 5) is 7.81. The molecule has 1 saturated heterocycles. The molecule has 2 heterocycles. The van der Waals surface area contributed by atoms with Gasteiger partial charge in [-0.25, -0.2) is 0 Å². The average Bonchev–Trinajstić information content (AvgIpc) is 2.73. The van der Waals surface area contributed by atoms with Gasteiger partial charge in [-0.2, -0.15) is 0 Å². The number of aliphatic imine (C=N–C) groups is 1. The number of hydrogen-bond donors (Lipinski definition) is 0. The van der Waals surface area contributed by atoms with Crippen molar-refractivity contribution in [1.29, 1.82) is 0 Å². The summed E-state index contributed by atoms with van der Waals surface area (Å²) in [5.41, 5.74) is 1.58. The molecule has 0 N–H and O–H groups in total. The van der Waals surface area contributed by atoms with Crippen LogP contribution >= 0.6 is 0 Å². The third-order valence-electron chi connectivity index (χ3n) is 4.84. The first-order valence-electron chi connectivity index (χ1n) is 7.51. The van der Waals surface area contributed by atoms with Crippen molar-refractivity contribution in [3.63, 3.8) is 0 Å². The summed E-state index contributed by atoms with van der Waals surface area (Å²) in [6, 6.07) is 0.823. The lowest BCUT2D eigenvalue weighted by Crippen LogP contribution is -2.50. The molecule has 95 valence electrons. The van der Waals surface area contributed by atoms with E-state index in [0.717, 1.165) is 18.4 Å². The molecule has 0 amide bonds. The maximum absolute atomic E-state index is 5.08. The highest BCUT2D eigenvalue weighted by Gasteiger charge is 2.41. The molecule has 1 saturated carbocycles. The van der Waals surface area contributed by atoms with Crippen molar-refractivity contribution in [2.75, 3.05) is 6.54 Å². The molecule has 1 radical (unpaired) electrons. The summed E-state index contributed by atoms with van der Waals surface area (Å²) < 4.78 is 0. The van der Waals surface area contributed by atoms with E-state index in [-0.39, 0.29) is 0 Å². The fourth-order valence-electron chi connectivity index (χ4n) is 4.03. The number of unbranched alkanes of at least 4 members (excludes halogenated alkanes) is 1. The molecule has 3 atom stereocenters. The maximum atomic E-state index is 5.08. The summed E-state index contributed by atoms with van der Waals surface area (Å²) in [6.07, 6.45) is 12.4. The smallest absolute Gasteiger partial charge is 0.102 e. The van der Waals surface area contributed by atoms with E-state index in [9.17, 15) is 0 Å². The van der Waals surface area contributed by atoms with Gasteiger partial charge in [0.25, 0.3) is 0 Å². The first-order valence-corrected chi connectivity index (χ1v) is 7.51. The number of nitrogens with zero attached hydrogens (tertiary/aromatic N) is 2. The molecule has 0 spiro atoms. The van der Waals surface area contributed by atoms with Crippen LogP contribution in [0.25, 0.3) is 0 Å². The van der Waals surface area contributed by atoms with Gasteiger partial charge in [-0.3, -0.25) is 9.89 Å². The minimum absolute atomic E-state index is 0.526. The zero-order valence-electron chi connectivity index (χ0n) is 10.9. The highest BCUT2D eigenvalue weighted by atomic mass is 15.3. The normalized spacial score (nSPS) is 37.5. The highest BCUT2D eigenvalue weighted by Crippen LogP contribution is 2.39. The van der Waals surface area contributed by atoms with Gasteiger partial charge in [0, 0.05) is 24.2 Å². The van der Waals surface area contributed by atoms with Gasteiger partial charge < -0.3 is 0 Å². The summed E-state index contributed by atoms with van der Waals surface area (Å²) in [6.45, 7) is 5.22. The van der Waals surface area contributed by atoms with Crippen LogP contribution in [0.15, 0.2) is 4.99 Å². The van der Waals surface area contributed by atoms with E-state index < -0.39 is 0 Å². The Morgan fingerprint density at radius 1 is 1.18 bits per heavy atom. The Morgan fingerprint density at radius 3 is 2.94 bits per heavy atom. The van der Waals surface area contributed by atoms with Crippen molar-refractivity contribution in [2.24, 2.45) is 10.9 Å². The SMILES string of the molecule is [CH2]CCCN1C2CCCCC1C1CCCC1=N2. The largest absolute Gasteiger partial charge is 0.278 e. The monoisotopic (exact) mass is 233 g/mol. The molecule has 3 rings (SSSR count). The van der Waals surface area contributed by atoms with Gasteiger partial charge in [0.15, 0.2) is 0 Å². The fourth-order valence-corrected chi connectivity index (χ4v) is 4.03. The number of fused-ring (bicyclic) bond motifs is 4. The van der Waals surface area contributed by atoms with Crippen molar-refractivity contribution in [3.8, 4) is 0 Å². The van der Waals surface area contributed by atoms with Crippen molar-refractivity contribution >= 4 is 5.71 Å². The van der Waals surface area contributed by atoms with E-state index in [1.54, 1.807) is 5.71 Å². The van der Waals surface area contributed by atoms with Gasteiger partial charge in [-0.05, 0) is 44.9 Å². The van der Waals surface area contributed by atoms with Crippen LogP contribution in [0, 0.1) is 12.8 Å². The molecule has 2 heteroatoms. The molecule has 2 nitrogen and oxygen atoms in total. The van der Waals surface area contributed by atoms with Crippen LogP contribution < -0.4 is 0 Å². The molecule has 3 unspecified atom stereocenters. The topological polar surface area (TPSA) is 15.6 Å². The third-order valence-corrected chi connectivity index (χ3v) is 4.84. The van der Waals surface area contributed by atoms with Gasteiger partial charge >= 0.3 is 0 Å². The zero-order valence-corrected chi connectivity index (χ0v) is 10.9. The van der Waals surface area contributed by atoms with E-state index in [4.69, 9.17) is 4.99 Å². The molecule has 0 aromatic heterocycles. The van der Waals surface area contributed by atoms with Crippen LogP contribution in [0.3, 0.4) is 0 Å². The van der Waals surface area contributed by atoms with Crippen molar-refractivity contribution in [1.82, 2.24) is 4.90 Å². The van der Waals surface area contributed by atoms with Crippen molar-refractivity contribution in [2.45, 2.75) is 70.0 Å². The Balaban J connectivity index is 1.83. The Morgan fingerprint density at radius 2 is 2.06 bits per heavy atom. The van der Waals surface area contributed by atoms with E-state index >= 15 is 0 Å². The van der Waals surface area contributed by atoms with E-state index in [1.165, 1.54) is 57.9 Å². The summed E-state index contributed by atoms with van der Waals surface area (Å²) in [7, 11) is 0. The van der Waals surface area contributed by atoms with Gasteiger partial charge in [0.05, 0.1) is 0 Å². The molecule has 1 aliphatic carbocycles. The summed E-state index contributed by atoms with van der Waals surface area (Å²) in [5, 5.41) is 0. The van der Waals surface area contributed by atoms with Gasteiger partial charge in [0.2, 0.25) is 0 Å². The standard InChI is InChI=1S/C15H25N2/c1-2-3-11-17-14-9-4-5-10-15(17)16-13-8-6-7-12(13)14/h12,14-15H,1-11H2. The second-order valence-electron chi connectivity index (χ2n) is 5.90. The highest BCUT2D eigenvalue weighted by molar-refractivity contribution is 5.89. The predicted octanol–water partition coefficient (Wildman–Crippen LogP) is 3.43. The first kappa shape index (κ1) is 11.7. The van der Waals surface area contributed by atoms with Crippen LogP contribution in [-0.2, 0) is 0 Å². The first-order chi connectivity index (χ1) is 8.40. The number of hydrogen-bond acceptors (Lipinski definition) is 2. The minimum atomic E-state index is 0.526. The van der Waals surface area contributed by atoms with E-state index in [1.807, 2.05) is 0 Å². The molecule has 2 bridgehead atoms. The van der Waals surface area contributed by atoms with Crippen LogP contribution in [0.5, 0.6) is 0 Å². The lowest BCUT2D eigenvalue weighted by atomic mass is 9.90. The molecule has 0 aromatic rings. The Labute approximate surface area is 105 Å². The average molecular weight is 233 g/mol. The quantitative estimate of drug-likeness (QED) is 0.729. The molecule has 2 aliphatic heterocycles. The second kappa shape index (κ2) is 5.09. The van der Waals surface area contributed by atoms with Gasteiger partial charge in [-0.1, -0.05) is 19.8 Å². The summed E-state index contributed by atoms with van der Waals surface area (Å²) >= 11 is 0. The van der Waals surface area contributed by atoms with Crippen molar-refractivity contribution < 1.29 is 0 Å². The molecular weight excluding hydrogens is 208 g/mol. The van der Waals surface area contributed by atoms with Crippen LogP contribution in [0.4, 0.5) is 0 Å². The van der Waals surface area contributed by atoms with Gasteiger partial charge in [0.1, 0.15) is 6.17 Å². The zero-order chi connectivity index (χ0) is 11.7. The number of rotatable bonds is 3. The van der Waals surface area contributed by atoms with Crippen LogP contribution in [-0.4, -0.2) is 29.4 Å². The molecule has 2 fully saturated rings. The second-order valence-corrected chi connectivity index (χ2v) is 5.90. The van der Waals surface area contributed by atoms with Crippen molar-refractivity contribution in [3.05, 3.63) is 6.92 Å². The fraction of sp³-hybridized carbons (Fsp3) is 0.867.